The first-order valence-electron chi connectivity index (χ1n) is 11.5. The second-order valence-electron chi connectivity index (χ2n) is 8.68. The van der Waals surface area contributed by atoms with Gasteiger partial charge in [0.15, 0.2) is 5.78 Å². The van der Waals surface area contributed by atoms with Gasteiger partial charge in [-0.1, -0.05) is 42.5 Å². The van der Waals surface area contributed by atoms with E-state index in [1.807, 2.05) is 66.7 Å². The number of nitrogens with zero attached hydrogens (tertiary/aromatic N) is 2. The Morgan fingerprint density at radius 3 is 2.18 bits per heavy atom. The van der Waals surface area contributed by atoms with E-state index in [1.165, 1.54) is 12.8 Å². The Balaban J connectivity index is 1.43. The number of carbonyl (C=O) groups is 1. The van der Waals surface area contributed by atoms with Gasteiger partial charge in [0.2, 0.25) is 0 Å². The first kappa shape index (κ1) is 19.9. The van der Waals surface area contributed by atoms with Crippen LogP contribution in [-0.2, 0) is 0 Å². The summed E-state index contributed by atoms with van der Waals surface area (Å²) in [5.74, 6) is 0.743. The highest BCUT2D eigenvalue weighted by Crippen LogP contribution is 2.40. The van der Waals surface area contributed by atoms with Crippen LogP contribution < -0.4 is 10.3 Å². The van der Waals surface area contributed by atoms with Crippen molar-refractivity contribution >= 4 is 16.6 Å². The van der Waals surface area contributed by atoms with E-state index in [-0.39, 0.29) is 11.3 Å². The van der Waals surface area contributed by atoms with Gasteiger partial charge in [0, 0.05) is 34.1 Å². The maximum Gasteiger partial charge on any atom is 0.263 e. The van der Waals surface area contributed by atoms with Crippen LogP contribution in [0.5, 0.6) is 5.75 Å². The van der Waals surface area contributed by atoms with Crippen LogP contribution in [0.2, 0.25) is 0 Å². The highest BCUT2D eigenvalue weighted by Gasteiger charge is 2.32. The number of fused-ring (bicyclic) bond motifs is 5. The molecule has 0 bridgehead atoms. The number of pyridine rings is 1. The van der Waals surface area contributed by atoms with Gasteiger partial charge in [0.25, 0.3) is 5.56 Å². The van der Waals surface area contributed by atoms with Crippen LogP contribution >= 0.6 is 0 Å². The second-order valence-corrected chi connectivity index (χ2v) is 8.68. The molecule has 6 rings (SSSR count). The summed E-state index contributed by atoms with van der Waals surface area (Å²) in [7, 11) is 0. The first-order chi connectivity index (χ1) is 16.2. The smallest absolute Gasteiger partial charge is 0.263 e. The van der Waals surface area contributed by atoms with Gasteiger partial charge in [-0.05, 0) is 56.3 Å². The molecule has 0 amide bonds. The van der Waals surface area contributed by atoms with Crippen LogP contribution in [0.25, 0.3) is 27.7 Å². The number of carbonyl (C=O) groups excluding carboxylic acids is 1. The number of ketones is 1. The van der Waals surface area contributed by atoms with Gasteiger partial charge in [-0.3, -0.25) is 19.1 Å². The summed E-state index contributed by atoms with van der Waals surface area (Å²) in [5.41, 5.74) is 3.29. The zero-order valence-electron chi connectivity index (χ0n) is 18.3. The topological polar surface area (TPSA) is 51.5 Å². The molecule has 164 valence electrons. The molecule has 0 atom stereocenters. The Morgan fingerprint density at radius 1 is 0.758 bits per heavy atom. The molecule has 2 heterocycles. The zero-order valence-corrected chi connectivity index (χ0v) is 18.3. The molecule has 33 heavy (non-hydrogen) atoms. The van der Waals surface area contributed by atoms with Crippen molar-refractivity contribution in [2.75, 3.05) is 26.2 Å². The van der Waals surface area contributed by atoms with E-state index >= 15 is 0 Å². The van der Waals surface area contributed by atoms with E-state index < -0.39 is 0 Å². The third kappa shape index (κ3) is 3.28. The normalized spacial score (nSPS) is 15.1. The van der Waals surface area contributed by atoms with Gasteiger partial charge in [-0.25, -0.2) is 0 Å². The summed E-state index contributed by atoms with van der Waals surface area (Å²) in [6.07, 6.45) is 2.54. The minimum atomic E-state index is -0.128. The van der Waals surface area contributed by atoms with Crippen LogP contribution in [0.1, 0.15) is 28.8 Å². The van der Waals surface area contributed by atoms with E-state index in [1.54, 1.807) is 10.6 Å². The minimum absolute atomic E-state index is 0.0348. The standard InChI is InChI=1S/C28H24N2O3/c31-27-23-9-3-2-8-22(23)26-25(27)21-7-1-4-10-24(21)28(32)30(26)19-11-13-20(14-12-19)33-18-17-29-15-5-6-16-29/h1-4,7-14H,5-6,15-18H2. The molecule has 1 aliphatic carbocycles. The van der Waals surface area contributed by atoms with Gasteiger partial charge in [-0.15, -0.1) is 0 Å². The average Bonchev–Trinajstić information content (AvgIpc) is 3.47. The van der Waals surface area contributed by atoms with E-state index in [0.29, 0.717) is 34.2 Å². The summed E-state index contributed by atoms with van der Waals surface area (Å²) in [5, 5.41) is 1.25. The first-order valence-corrected chi connectivity index (χ1v) is 11.5. The zero-order chi connectivity index (χ0) is 22.4. The predicted molar refractivity (Wildman–Crippen MR) is 130 cm³/mol. The molecular formula is C28H24N2O3. The van der Waals surface area contributed by atoms with Crippen molar-refractivity contribution in [1.82, 2.24) is 9.47 Å². The number of likely N-dealkylation sites (tertiary alicyclic amines) is 1. The molecule has 0 spiro atoms. The number of aromatic nitrogens is 1. The molecule has 4 aromatic rings. The summed E-state index contributed by atoms with van der Waals surface area (Å²) >= 11 is 0. The third-order valence-electron chi connectivity index (χ3n) is 6.71. The SMILES string of the molecule is O=C1c2ccccc2-c2c1c1ccccc1c(=O)n2-c1ccc(OCCN2CCCC2)cc1. The molecule has 0 N–H and O–H groups in total. The molecular weight excluding hydrogens is 412 g/mol. The van der Waals surface area contributed by atoms with Crippen LogP contribution in [-0.4, -0.2) is 41.5 Å². The molecule has 0 saturated carbocycles. The lowest BCUT2D eigenvalue weighted by Gasteiger charge is -2.17. The predicted octanol–water partition coefficient (Wildman–Crippen LogP) is 4.68. The van der Waals surface area contributed by atoms with Gasteiger partial charge < -0.3 is 4.74 Å². The van der Waals surface area contributed by atoms with E-state index in [2.05, 4.69) is 4.90 Å². The Bertz CT molecular complexity index is 1430. The molecule has 0 radical (unpaired) electrons. The van der Waals surface area contributed by atoms with Gasteiger partial charge in [0.05, 0.1) is 11.3 Å². The molecule has 1 aromatic heterocycles. The molecule has 1 fully saturated rings. The lowest BCUT2D eigenvalue weighted by molar-refractivity contribution is 0.104. The largest absolute Gasteiger partial charge is 0.492 e. The van der Waals surface area contributed by atoms with Crippen molar-refractivity contribution in [3.05, 3.63) is 94.3 Å². The summed E-state index contributed by atoms with van der Waals surface area (Å²) in [4.78, 5) is 29.4. The average molecular weight is 437 g/mol. The molecule has 1 saturated heterocycles. The van der Waals surface area contributed by atoms with Crippen LogP contribution in [0.3, 0.4) is 0 Å². The second kappa shape index (κ2) is 8.01. The molecule has 3 aromatic carbocycles. The summed E-state index contributed by atoms with van der Waals surface area (Å²) < 4.78 is 7.62. The Morgan fingerprint density at radius 2 is 1.42 bits per heavy atom. The maximum absolute atomic E-state index is 13.6. The molecule has 5 heteroatoms. The van der Waals surface area contributed by atoms with E-state index in [9.17, 15) is 9.59 Å². The molecule has 5 nitrogen and oxygen atoms in total. The van der Waals surface area contributed by atoms with E-state index in [0.717, 1.165) is 36.6 Å². The van der Waals surface area contributed by atoms with Crippen molar-refractivity contribution in [3.8, 4) is 22.7 Å². The van der Waals surface area contributed by atoms with Gasteiger partial charge in [0.1, 0.15) is 12.4 Å². The molecule has 0 unspecified atom stereocenters. The lowest BCUT2D eigenvalue weighted by Crippen LogP contribution is -2.25. The third-order valence-corrected chi connectivity index (χ3v) is 6.71. The number of ether oxygens (including phenoxy) is 1. The molecule has 1 aliphatic heterocycles. The van der Waals surface area contributed by atoms with E-state index in [4.69, 9.17) is 4.74 Å². The minimum Gasteiger partial charge on any atom is -0.492 e. The number of hydrogen-bond donors (Lipinski definition) is 0. The van der Waals surface area contributed by atoms with Gasteiger partial charge >= 0.3 is 0 Å². The van der Waals surface area contributed by atoms with Crippen LogP contribution in [0.15, 0.2) is 77.6 Å². The quantitative estimate of drug-likeness (QED) is 0.402. The van der Waals surface area contributed by atoms with Crippen molar-refractivity contribution in [2.45, 2.75) is 12.8 Å². The lowest BCUT2D eigenvalue weighted by atomic mass is 10.0. The Kier molecular flexibility index (Phi) is 4.84. The fourth-order valence-corrected chi connectivity index (χ4v) is 5.09. The fraction of sp³-hybridized carbons (Fsp3) is 0.214. The van der Waals surface area contributed by atoms with Crippen molar-refractivity contribution in [1.29, 1.82) is 0 Å². The van der Waals surface area contributed by atoms with Crippen molar-refractivity contribution < 1.29 is 9.53 Å². The number of rotatable bonds is 5. The number of benzene rings is 3. The van der Waals surface area contributed by atoms with Crippen LogP contribution in [0.4, 0.5) is 0 Å². The van der Waals surface area contributed by atoms with Crippen LogP contribution in [0, 0.1) is 0 Å². The van der Waals surface area contributed by atoms with Crippen molar-refractivity contribution in [2.24, 2.45) is 0 Å². The highest BCUT2D eigenvalue weighted by atomic mass is 16.5. The Hall–Kier alpha value is -3.70. The highest BCUT2D eigenvalue weighted by molar-refractivity contribution is 6.26. The van der Waals surface area contributed by atoms with Crippen molar-refractivity contribution in [3.63, 3.8) is 0 Å². The van der Waals surface area contributed by atoms with Gasteiger partial charge in [-0.2, -0.15) is 0 Å². The summed E-state index contributed by atoms with van der Waals surface area (Å²) in [6, 6.07) is 22.5. The molecule has 2 aliphatic rings. The summed E-state index contributed by atoms with van der Waals surface area (Å²) in [6.45, 7) is 3.88. The number of hydrogen-bond acceptors (Lipinski definition) is 4. The Labute approximate surface area is 191 Å². The maximum atomic E-state index is 13.6. The monoisotopic (exact) mass is 436 g/mol. The fourth-order valence-electron chi connectivity index (χ4n) is 5.09.